The normalized spacial score (nSPS) is 9.72. The molecule has 18 heavy (non-hydrogen) atoms. The maximum absolute atomic E-state index is 9.02. The third kappa shape index (κ3) is 4.60. The second kappa shape index (κ2) is 8.31. The number of nitrogens with zero attached hydrogens (tertiary/aromatic N) is 2. The Hall–Kier alpha value is -1.80. The lowest BCUT2D eigenvalue weighted by molar-refractivity contribution is 0.607. The number of rotatable bonds is 7. The maximum Gasteiger partial charge on any atom is 0.0994 e. The average Bonchev–Trinajstić information content (AvgIpc) is 2.42. The van der Waals surface area contributed by atoms with Crippen molar-refractivity contribution in [3.63, 3.8) is 0 Å². The number of hydrogen-bond donors (Lipinski definition) is 0. The molecule has 0 aliphatic rings. The smallest absolute Gasteiger partial charge is 0.0994 e. The van der Waals surface area contributed by atoms with Crippen molar-refractivity contribution in [1.82, 2.24) is 0 Å². The molecule has 0 radical (unpaired) electrons. The Bertz CT molecular complexity index is 449. The summed E-state index contributed by atoms with van der Waals surface area (Å²) in [6.45, 7) is 2.21. The summed E-state index contributed by atoms with van der Waals surface area (Å²) in [5.41, 5.74) is 2.38. The Kier molecular flexibility index (Phi) is 6.59. The van der Waals surface area contributed by atoms with Gasteiger partial charge in [-0.1, -0.05) is 39.0 Å². The van der Waals surface area contributed by atoms with Gasteiger partial charge in [-0.25, -0.2) is 0 Å². The van der Waals surface area contributed by atoms with Crippen LogP contribution in [-0.4, -0.2) is 0 Å². The van der Waals surface area contributed by atoms with Crippen LogP contribution in [0.2, 0.25) is 0 Å². The van der Waals surface area contributed by atoms with Crippen molar-refractivity contribution >= 4 is 0 Å². The fraction of sp³-hybridized carbons (Fsp3) is 0.500. The van der Waals surface area contributed by atoms with Crippen LogP contribution >= 0.6 is 0 Å². The molecule has 0 aliphatic carbocycles. The fourth-order valence-electron chi connectivity index (χ4n) is 2.07. The summed E-state index contributed by atoms with van der Waals surface area (Å²) in [5, 5.41) is 17.9. The van der Waals surface area contributed by atoms with Crippen LogP contribution in [0.15, 0.2) is 18.2 Å². The average molecular weight is 240 g/mol. The van der Waals surface area contributed by atoms with E-state index < -0.39 is 0 Å². The van der Waals surface area contributed by atoms with Crippen molar-refractivity contribution in [2.75, 3.05) is 0 Å². The van der Waals surface area contributed by atoms with Crippen molar-refractivity contribution in [3.8, 4) is 12.1 Å². The molecule has 1 aromatic carbocycles. The van der Waals surface area contributed by atoms with Gasteiger partial charge < -0.3 is 0 Å². The van der Waals surface area contributed by atoms with Crippen molar-refractivity contribution in [2.45, 2.75) is 51.9 Å². The van der Waals surface area contributed by atoms with Crippen LogP contribution in [-0.2, 0) is 6.42 Å². The molecule has 0 amide bonds. The summed E-state index contributed by atoms with van der Waals surface area (Å²) in [6.07, 6.45) is 8.38. The zero-order valence-electron chi connectivity index (χ0n) is 11.1. The number of nitriles is 2. The zero-order chi connectivity index (χ0) is 13.2. The van der Waals surface area contributed by atoms with Gasteiger partial charge in [-0.15, -0.1) is 0 Å². The fourth-order valence-corrected chi connectivity index (χ4v) is 2.07. The van der Waals surface area contributed by atoms with Gasteiger partial charge in [0, 0.05) is 0 Å². The molecule has 0 spiro atoms. The summed E-state index contributed by atoms with van der Waals surface area (Å²) in [6, 6.07) is 9.64. The van der Waals surface area contributed by atoms with E-state index in [0.29, 0.717) is 11.1 Å². The molecule has 0 saturated heterocycles. The number of hydrogen-bond acceptors (Lipinski definition) is 2. The van der Waals surface area contributed by atoms with Gasteiger partial charge in [0.25, 0.3) is 0 Å². The van der Waals surface area contributed by atoms with Gasteiger partial charge in [0.05, 0.1) is 23.3 Å². The molecule has 1 aromatic rings. The Labute approximate surface area is 110 Å². The minimum Gasteiger partial charge on any atom is -0.192 e. The van der Waals surface area contributed by atoms with Crippen LogP contribution in [0, 0.1) is 22.7 Å². The topological polar surface area (TPSA) is 47.6 Å². The lowest BCUT2D eigenvalue weighted by Gasteiger charge is -2.04. The second-order valence-electron chi connectivity index (χ2n) is 4.61. The van der Waals surface area contributed by atoms with Crippen LogP contribution in [0.4, 0.5) is 0 Å². The van der Waals surface area contributed by atoms with Gasteiger partial charge in [-0.2, -0.15) is 10.5 Å². The second-order valence-corrected chi connectivity index (χ2v) is 4.61. The zero-order valence-corrected chi connectivity index (χ0v) is 11.1. The Morgan fingerprint density at radius 3 is 2.33 bits per heavy atom. The minimum atomic E-state index is 0.648. The predicted molar refractivity (Wildman–Crippen MR) is 73.0 cm³/mol. The first-order chi connectivity index (χ1) is 8.81. The molecule has 0 bridgehead atoms. The summed E-state index contributed by atoms with van der Waals surface area (Å²) < 4.78 is 0. The molecule has 0 aromatic heterocycles. The summed E-state index contributed by atoms with van der Waals surface area (Å²) in [4.78, 5) is 0. The van der Waals surface area contributed by atoms with Crippen molar-refractivity contribution < 1.29 is 0 Å². The van der Waals surface area contributed by atoms with Crippen LogP contribution in [0.5, 0.6) is 0 Å². The predicted octanol–water partition coefficient (Wildman–Crippen LogP) is 4.33. The molecule has 0 atom stereocenters. The first kappa shape index (κ1) is 14.3. The first-order valence-electron chi connectivity index (χ1n) is 6.75. The number of benzene rings is 1. The third-order valence-corrected chi connectivity index (χ3v) is 3.15. The Morgan fingerprint density at radius 2 is 1.67 bits per heavy atom. The van der Waals surface area contributed by atoms with Crippen molar-refractivity contribution in [2.24, 2.45) is 0 Å². The number of unbranched alkanes of at least 4 members (excludes halogenated alkanes) is 5. The lowest BCUT2D eigenvalue weighted by Crippen LogP contribution is -1.92. The highest BCUT2D eigenvalue weighted by molar-refractivity contribution is 5.44. The molecule has 2 heteroatoms. The van der Waals surface area contributed by atoms with Gasteiger partial charge in [0.15, 0.2) is 0 Å². The van der Waals surface area contributed by atoms with Crippen LogP contribution < -0.4 is 0 Å². The van der Waals surface area contributed by atoms with Crippen LogP contribution in [0.1, 0.15) is 62.1 Å². The maximum atomic E-state index is 9.02. The van der Waals surface area contributed by atoms with Crippen molar-refractivity contribution in [1.29, 1.82) is 10.5 Å². The molecule has 0 saturated carbocycles. The van der Waals surface area contributed by atoms with E-state index in [1.807, 2.05) is 6.07 Å². The van der Waals surface area contributed by atoms with E-state index >= 15 is 0 Å². The minimum absolute atomic E-state index is 0.648. The molecule has 0 N–H and O–H groups in total. The van der Waals surface area contributed by atoms with E-state index in [9.17, 15) is 0 Å². The van der Waals surface area contributed by atoms with Crippen molar-refractivity contribution in [3.05, 3.63) is 34.9 Å². The Morgan fingerprint density at radius 1 is 0.944 bits per heavy atom. The Balaban J connectivity index is 2.46. The molecule has 94 valence electrons. The molecule has 0 unspecified atom stereocenters. The SMILES string of the molecule is CCCCCCCCc1cc(C#N)ccc1C#N. The monoisotopic (exact) mass is 240 g/mol. The van der Waals surface area contributed by atoms with Gasteiger partial charge in [0.2, 0.25) is 0 Å². The van der Waals surface area contributed by atoms with E-state index in [2.05, 4.69) is 19.1 Å². The van der Waals surface area contributed by atoms with E-state index in [-0.39, 0.29) is 0 Å². The van der Waals surface area contributed by atoms with Crippen LogP contribution in [0.3, 0.4) is 0 Å². The van der Waals surface area contributed by atoms with Gasteiger partial charge in [-0.3, -0.25) is 0 Å². The molecular weight excluding hydrogens is 220 g/mol. The molecule has 0 heterocycles. The van der Waals surface area contributed by atoms with Gasteiger partial charge >= 0.3 is 0 Å². The third-order valence-electron chi connectivity index (χ3n) is 3.15. The first-order valence-corrected chi connectivity index (χ1v) is 6.75. The highest BCUT2D eigenvalue weighted by atomic mass is 14.3. The highest BCUT2D eigenvalue weighted by Gasteiger charge is 2.03. The van der Waals surface area contributed by atoms with E-state index in [0.717, 1.165) is 18.4 Å². The molecule has 2 nitrogen and oxygen atoms in total. The van der Waals surface area contributed by atoms with E-state index in [1.54, 1.807) is 12.1 Å². The lowest BCUT2D eigenvalue weighted by atomic mass is 9.99. The highest BCUT2D eigenvalue weighted by Crippen LogP contribution is 2.15. The molecule has 1 rings (SSSR count). The van der Waals surface area contributed by atoms with Crippen LogP contribution in [0.25, 0.3) is 0 Å². The summed E-state index contributed by atoms with van der Waals surface area (Å²) in [5.74, 6) is 0. The molecular formula is C16H20N2. The summed E-state index contributed by atoms with van der Waals surface area (Å²) in [7, 11) is 0. The summed E-state index contributed by atoms with van der Waals surface area (Å²) >= 11 is 0. The number of aryl methyl sites for hydroxylation is 1. The quantitative estimate of drug-likeness (QED) is 0.666. The van der Waals surface area contributed by atoms with Gasteiger partial charge in [-0.05, 0) is 36.6 Å². The van der Waals surface area contributed by atoms with E-state index in [1.165, 1.54) is 32.1 Å². The standard InChI is InChI=1S/C16H20N2/c1-2-3-4-5-6-7-8-15-11-14(12-17)9-10-16(15)13-18/h9-11H,2-8H2,1H3. The molecule has 0 fully saturated rings. The van der Waals surface area contributed by atoms with E-state index in [4.69, 9.17) is 10.5 Å². The molecule has 0 aliphatic heterocycles. The largest absolute Gasteiger partial charge is 0.192 e. The van der Waals surface area contributed by atoms with Gasteiger partial charge in [0.1, 0.15) is 0 Å².